The van der Waals surface area contributed by atoms with Crippen LogP contribution in [-0.2, 0) is 0 Å². The van der Waals surface area contributed by atoms with Gasteiger partial charge in [-0.2, -0.15) is 5.10 Å². The minimum absolute atomic E-state index is 0.109. The molecule has 3 heterocycles. The Hall–Kier alpha value is -4.52. The van der Waals surface area contributed by atoms with Crippen molar-refractivity contribution < 1.29 is 9.50 Å². The van der Waals surface area contributed by atoms with Crippen molar-refractivity contribution >= 4 is 21.8 Å². The van der Waals surface area contributed by atoms with E-state index in [-0.39, 0.29) is 5.75 Å². The summed E-state index contributed by atoms with van der Waals surface area (Å²) in [5.74, 6) is -0.592. The standard InChI is InChI=1S/C25H16FN5O/c26-16-8-15(9-17(32)11-16)18-2-1-3-21-19(18)12-23(29-21)25-20-10-14(4-5-22(20)30-31-25)24-13-27-6-7-28-24/h1-13,29,32H,(H,30,31). The number of benzene rings is 3. The molecule has 0 aliphatic rings. The van der Waals surface area contributed by atoms with E-state index < -0.39 is 5.82 Å². The van der Waals surface area contributed by atoms with Crippen LogP contribution < -0.4 is 0 Å². The Morgan fingerprint density at radius 3 is 2.62 bits per heavy atom. The van der Waals surface area contributed by atoms with E-state index in [1.165, 1.54) is 6.07 Å². The number of rotatable bonds is 3. The minimum Gasteiger partial charge on any atom is -0.508 e. The summed E-state index contributed by atoms with van der Waals surface area (Å²) in [4.78, 5) is 12.0. The third kappa shape index (κ3) is 2.99. The molecule has 0 saturated carbocycles. The van der Waals surface area contributed by atoms with Crippen LogP contribution in [0.3, 0.4) is 0 Å². The highest BCUT2D eigenvalue weighted by molar-refractivity contribution is 6.01. The molecular weight excluding hydrogens is 405 g/mol. The molecule has 0 spiro atoms. The molecule has 3 aromatic carbocycles. The van der Waals surface area contributed by atoms with Crippen LogP contribution in [0.25, 0.3) is 55.6 Å². The Bertz CT molecular complexity index is 1580. The van der Waals surface area contributed by atoms with Gasteiger partial charge < -0.3 is 10.1 Å². The molecule has 0 bridgehead atoms. The van der Waals surface area contributed by atoms with E-state index >= 15 is 0 Å². The second-order valence-corrected chi connectivity index (χ2v) is 7.57. The lowest BCUT2D eigenvalue weighted by Gasteiger charge is -2.05. The average Bonchev–Trinajstić information content (AvgIpc) is 3.42. The van der Waals surface area contributed by atoms with Crippen LogP contribution in [0.1, 0.15) is 0 Å². The van der Waals surface area contributed by atoms with Crippen LogP contribution in [0.5, 0.6) is 5.75 Å². The first-order valence-corrected chi connectivity index (χ1v) is 10.0. The molecule has 0 aliphatic heterocycles. The van der Waals surface area contributed by atoms with Gasteiger partial charge in [-0.3, -0.25) is 15.1 Å². The van der Waals surface area contributed by atoms with Gasteiger partial charge >= 0.3 is 0 Å². The van der Waals surface area contributed by atoms with Gasteiger partial charge in [0.1, 0.15) is 17.3 Å². The summed E-state index contributed by atoms with van der Waals surface area (Å²) in [7, 11) is 0. The van der Waals surface area contributed by atoms with Crippen LogP contribution in [-0.4, -0.2) is 30.3 Å². The monoisotopic (exact) mass is 421 g/mol. The highest BCUT2D eigenvalue weighted by atomic mass is 19.1. The number of nitrogens with one attached hydrogen (secondary N) is 2. The zero-order valence-electron chi connectivity index (χ0n) is 16.7. The Labute approximate surface area is 181 Å². The topological polar surface area (TPSA) is 90.5 Å². The predicted molar refractivity (Wildman–Crippen MR) is 121 cm³/mol. The third-order valence-electron chi connectivity index (χ3n) is 5.53. The molecule has 3 N–H and O–H groups in total. The van der Waals surface area contributed by atoms with Crippen LogP contribution >= 0.6 is 0 Å². The molecule has 6 nitrogen and oxygen atoms in total. The molecule has 0 saturated heterocycles. The van der Waals surface area contributed by atoms with Gasteiger partial charge in [-0.15, -0.1) is 0 Å². The number of phenols is 1. The number of aromatic hydroxyl groups is 1. The molecule has 0 radical (unpaired) electrons. The average molecular weight is 421 g/mol. The second-order valence-electron chi connectivity index (χ2n) is 7.57. The summed E-state index contributed by atoms with van der Waals surface area (Å²) in [5, 5.41) is 19.3. The fourth-order valence-corrected chi connectivity index (χ4v) is 4.09. The van der Waals surface area contributed by atoms with Crippen molar-refractivity contribution in [1.82, 2.24) is 25.1 Å². The number of H-pyrrole nitrogens is 2. The highest BCUT2D eigenvalue weighted by Crippen LogP contribution is 2.36. The molecule has 0 atom stereocenters. The fraction of sp³-hybridized carbons (Fsp3) is 0. The normalized spacial score (nSPS) is 11.4. The van der Waals surface area contributed by atoms with Crippen molar-refractivity contribution in [2.24, 2.45) is 0 Å². The summed E-state index contributed by atoms with van der Waals surface area (Å²) in [6.45, 7) is 0. The number of hydrogen-bond acceptors (Lipinski definition) is 4. The van der Waals surface area contributed by atoms with Crippen LogP contribution in [0, 0.1) is 5.82 Å². The van der Waals surface area contributed by atoms with Gasteiger partial charge in [0.15, 0.2) is 0 Å². The second kappa shape index (κ2) is 7.02. The van der Waals surface area contributed by atoms with Crippen molar-refractivity contribution in [3.05, 3.63) is 85.1 Å². The maximum atomic E-state index is 13.9. The van der Waals surface area contributed by atoms with E-state index in [2.05, 4.69) is 25.1 Å². The summed E-state index contributed by atoms with van der Waals surface area (Å²) in [5.41, 5.74) is 6.55. The van der Waals surface area contributed by atoms with E-state index in [0.29, 0.717) is 5.56 Å². The fourth-order valence-electron chi connectivity index (χ4n) is 4.09. The molecule has 0 unspecified atom stereocenters. The maximum Gasteiger partial charge on any atom is 0.127 e. The molecule has 6 rings (SSSR count). The van der Waals surface area contributed by atoms with Gasteiger partial charge in [0, 0.05) is 40.3 Å². The number of aromatic nitrogens is 5. The van der Waals surface area contributed by atoms with Gasteiger partial charge in [0.25, 0.3) is 0 Å². The van der Waals surface area contributed by atoms with Gasteiger partial charge in [-0.05, 0) is 47.5 Å². The number of phenolic OH excluding ortho intramolecular Hbond substituents is 1. The summed E-state index contributed by atoms with van der Waals surface area (Å²) < 4.78 is 13.9. The molecule has 154 valence electrons. The zero-order valence-corrected chi connectivity index (χ0v) is 16.7. The van der Waals surface area contributed by atoms with Crippen molar-refractivity contribution in [3.63, 3.8) is 0 Å². The number of halogens is 1. The first-order chi connectivity index (χ1) is 15.7. The van der Waals surface area contributed by atoms with Gasteiger partial charge in [-0.1, -0.05) is 18.2 Å². The van der Waals surface area contributed by atoms with E-state index in [9.17, 15) is 9.50 Å². The minimum atomic E-state index is -0.484. The molecule has 0 aliphatic carbocycles. The summed E-state index contributed by atoms with van der Waals surface area (Å²) in [6, 6.07) is 17.8. The SMILES string of the molecule is Oc1cc(F)cc(-c2cccc3[nH]c(-c4n[nH]c5ccc(-c6cnccn6)cc45)cc23)c1. The van der Waals surface area contributed by atoms with Crippen LogP contribution in [0.2, 0.25) is 0 Å². The molecule has 0 amide bonds. The van der Waals surface area contributed by atoms with E-state index in [1.807, 2.05) is 42.5 Å². The molecule has 6 aromatic rings. The highest BCUT2D eigenvalue weighted by Gasteiger charge is 2.15. The van der Waals surface area contributed by atoms with Gasteiger partial charge in [-0.25, -0.2) is 4.39 Å². The predicted octanol–water partition coefficient (Wildman–Crippen LogP) is 5.68. The number of nitrogens with zero attached hydrogens (tertiary/aromatic N) is 3. The molecule has 3 aromatic heterocycles. The number of hydrogen-bond donors (Lipinski definition) is 3. The molecule has 32 heavy (non-hydrogen) atoms. The largest absolute Gasteiger partial charge is 0.508 e. The Morgan fingerprint density at radius 2 is 1.78 bits per heavy atom. The van der Waals surface area contributed by atoms with Crippen molar-refractivity contribution in [2.75, 3.05) is 0 Å². The molecule has 0 fully saturated rings. The lowest BCUT2D eigenvalue weighted by molar-refractivity contribution is 0.469. The summed E-state index contributed by atoms with van der Waals surface area (Å²) in [6.07, 6.45) is 5.04. The third-order valence-corrected chi connectivity index (χ3v) is 5.53. The maximum absolute atomic E-state index is 13.9. The quantitative estimate of drug-likeness (QED) is 0.343. The Kier molecular flexibility index (Phi) is 4.01. The molecule has 7 heteroatoms. The number of fused-ring (bicyclic) bond motifs is 2. The number of aromatic amines is 2. The summed E-state index contributed by atoms with van der Waals surface area (Å²) >= 11 is 0. The van der Waals surface area contributed by atoms with Crippen molar-refractivity contribution in [2.45, 2.75) is 0 Å². The van der Waals surface area contributed by atoms with Gasteiger partial charge in [0.05, 0.1) is 23.1 Å². The Balaban J connectivity index is 1.52. The van der Waals surface area contributed by atoms with Crippen molar-refractivity contribution in [3.8, 4) is 39.5 Å². The zero-order chi connectivity index (χ0) is 21.7. The molecular formula is C25H16FN5O. The van der Waals surface area contributed by atoms with E-state index in [0.717, 1.165) is 56.1 Å². The van der Waals surface area contributed by atoms with E-state index in [4.69, 9.17) is 0 Å². The first kappa shape index (κ1) is 18.3. The van der Waals surface area contributed by atoms with E-state index in [1.54, 1.807) is 24.7 Å². The smallest absolute Gasteiger partial charge is 0.127 e. The first-order valence-electron chi connectivity index (χ1n) is 10.0. The Morgan fingerprint density at radius 1 is 0.844 bits per heavy atom. The lowest BCUT2D eigenvalue weighted by atomic mass is 10.0. The van der Waals surface area contributed by atoms with Crippen LogP contribution in [0.15, 0.2) is 79.3 Å². The van der Waals surface area contributed by atoms with Crippen molar-refractivity contribution in [1.29, 1.82) is 0 Å². The van der Waals surface area contributed by atoms with Crippen LogP contribution in [0.4, 0.5) is 4.39 Å². The van der Waals surface area contributed by atoms with Gasteiger partial charge in [0.2, 0.25) is 0 Å². The lowest BCUT2D eigenvalue weighted by Crippen LogP contribution is -1.84.